The Morgan fingerprint density at radius 3 is 2.83 bits per heavy atom. The molecule has 3 heterocycles. The molecule has 0 unspecified atom stereocenters. The monoisotopic (exact) mass is 321 g/mol. The number of rotatable bonds is 1. The van der Waals surface area contributed by atoms with Crippen LogP contribution in [0.1, 0.15) is 27.2 Å². The van der Waals surface area contributed by atoms with Gasteiger partial charge in [0.25, 0.3) is 5.91 Å². The molecule has 24 heavy (non-hydrogen) atoms. The third-order valence-electron chi connectivity index (χ3n) is 4.33. The van der Waals surface area contributed by atoms with E-state index < -0.39 is 0 Å². The number of aromatic nitrogens is 3. The van der Waals surface area contributed by atoms with Gasteiger partial charge in [-0.3, -0.25) is 9.36 Å². The number of nitrogens with one attached hydrogen (secondary N) is 1. The first-order chi connectivity index (χ1) is 11.5. The molecule has 120 valence electrons. The maximum absolute atomic E-state index is 12.4. The number of nitrogens with zero attached hydrogens (tertiary/aromatic N) is 3. The number of phenolic OH excluding ortho intramolecular Hbond substituents is 1. The summed E-state index contributed by atoms with van der Waals surface area (Å²) in [7, 11) is 0. The normalized spacial score (nSPS) is 13.2. The van der Waals surface area contributed by atoms with Crippen LogP contribution in [-0.2, 0) is 0 Å². The van der Waals surface area contributed by atoms with Gasteiger partial charge >= 0.3 is 0 Å². The Hall–Kier alpha value is -3.35. The van der Waals surface area contributed by atoms with E-state index in [4.69, 9.17) is 5.73 Å². The van der Waals surface area contributed by atoms with Crippen molar-refractivity contribution in [2.75, 3.05) is 5.73 Å². The molecule has 0 saturated carbocycles. The molecule has 1 aliphatic heterocycles. The van der Waals surface area contributed by atoms with Crippen LogP contribution in [0.5, 0.6) is 5.75 Å². The standard InChI is InChI=1S/C17H15N5O2/c1-8-3-4-11(23)9(2)14(8)22-15(18)13-12-10(5-6-19-17(13)24)20-7-21-16(12)22/h3-7,23H,18H2,1-2H3,(H,19,24). The Labute approximate surface area is 137 Å². The van der Waals surface area contributed by atoms with Gasteiger partial charge in [-0.2, -0.15) is 0 Å². The number of aromatic hydroxyl groups is 1. The summed E-state index contributed by atoms with van der Waals surface area (Å²) in [6.45, 7) is 3.72. The molecule has 0 fully saturated rings. The largest absolute Gasteiger partial charge is 0.508 e. The summed E-state index contributed by atoms with van der Waals surface area (Å²) in [5.41, 5.74) is 10.1. The van der Waals surface area contributed by atoms with Crippen molar-refractivity contribution in [3.8, 4) is 11.4 Å². The number of phenols is 1. The fraction of sp³-hybridized carbons (Fsp3) is 0.118. The van der Waals surface area contributed by atoms with Gasteiger partial charge in [0.05, 0.1) is 22.3 Å². The van der Waals surface area contributed by atoms with Crippen LogP contribution in [0.2, 0.25) is 0 Å². The number of nitrogens with two attached hydrogens (primary N) is 1. The van der Waals surface area contributed by atoms with Crippen molar-refractivity contribution in [2.24, 2.45) is 0 Å². The van der Waals surface area contributed by atoms with Crippen molar-refractivity contribution in [1.29, 1.82) is 0 Å². The number of carbonyl (C=O) groups is 1. The molecule has 4 N–H and O–H groups in total. The highest BCUT2D eigenvalue weighted by Crippen LogP contribution is 2.37. The summed E-state index contributed by atoms with van der Waals surface area (Å²) in [6, 6.07) is 3.44. The maximum atomic E-state index is 12.4. The van der Waals surface area contributed by atoms with E-state index in [0.29, 0.717) is 33.5 Å². The van der Waals surface area contributed by atoms with Crippen LogP contribution in [-0.4, -0.2) is 25.5 Å². The quantitative estimate of drug-likeness (QED) is 0.636. The van der Waals surface area contributed by atoms with Gasteiger partial charge in [0.2, 0.25) is 0 Å². The van der Waals surface area contributed by atoms with Crippen LogP contribution < -0.4 is 11.1 Å². The lowest BCUT2D eigenvalue weighted by atomic mass is 10.1. The Morgan fingerprint density at radius 2 is 2.04 bits per heavy atom. The van der Waals surface area contributed by atoms with E-state index in [2.05, 4.69) is 15.3 Å². The van der Waals surface area contributed by atoms with E-state index >= 15 is 0 Å². The molecule has 0 atom stereocenters. The summed E-state index contributed by atoms with van der Waals surface area (Å²) in [6.07, 6.45) is 4.69. The van der Waals surface area contributed by atoms with Crippen LogP contribution in [0.3, 0.4) is 0 Å². The summed E-state index contributed by atoms with van der Waals surface area (Å²) in [5, 5.41) is 13.4. The number of nitrogen functional groups attached to an aromatic ring is 1. The molecule has 4 rings (SSSR count). The van der Waals surface area contributed by atoms with Gasteiger partial charge in [-0.05, 0) is 31.6 Å². The first-order valence-electron chi connectivity index (χ1n) is 7.42. The van der Waals surface area contributed by atoms with E-state index in [1.165, 1.54) is 6.33 Å². The lowest BCUT2D eigenvalue weighted by Crippen LogP contribution is -2.17. The fourth-order valence-electron chi connectivity index (χ4n) is 3.17. The van der Waals surface area contributed by atoms with Crippen molar-refractivity contribution < 1.29 is 9.90 Å². The van der Waals surface area contributed by atoms with Gasteiger partial charge in [0.1, 0.15) is 17.9 Å². The third kappa shape index (κ3) is 1.75. The van der Waals surface area contributed by atoms with E-state index in [9.17, 15) is 9.90 Å². The summed E-state index contributed by atoms with van der Waals surface area (Å²) < 4.78 is 1.71. The van der Waals surface area contributed by atoms with Gasteiger partial charge in [-0.1, -0.05) is 6.07 Å². The van der Waals surface area contributed by atoms with Crippen LogP contribution in [0.25, 0.3) is 22.8 Å². The molecule has 0 radical (unpaired) electrons. The minimum atomic E-state index is -0.309. The molecule has 3 aromatic rings. The summed E-state index contributed by atoms with van der Waals surface area (Å²) in [4.78, 5) is 21.0. The molecule has 1 amide bonds. The number of aryl methyl sites for hydroxylation is 1. The highest BCUT2D eigenvalue weighted by Gasteiger charge is 2.27. The molecule has 1 aliphatic rings. The second-order valence-corrected chi connectivity index (χ2v) is 5.74. The molecule has 0 aliphatic carbocycles. The summed E-state index contributed by atoms with van der Waals surface area (Å²) >= 11 is 0. The number of hydrogen-bond acceptors (Lipinski definition) is 5. The van der Waals surface area contributed by atoms with E-state index in [1.54, 1.807) is 35.9 Å². The van der Waals surface area contributed by atoms with Gasteiger partial charge in [0.15, 0.2) is 5.65 Å². The fourth-order valence-corrected chi connectivity index (χ4v) is 3.17. The van der Waals surface area contributed by atoms with Gasteiger partial charge in [0, 0.05) is 11.8 Å². The third-order valence-corrected chi connectivity index (χ3v) is 4.33. The smallest absolute Gasteiger partial charge is 0.259 e. The number of benzene rings is 1. The van der Waals surface area contributed by atoms with Gasteiger partial charge in [-0.25, -0.2) is 9.97 Å². The van der Waals surface area contributed by atoms with Crippen molar-refractivity contribution in [3.05, 3.63) is 47.0 Å². The second-order valence-electron chi connectivity index (χ2n) is 5.74. The first kappa shape index (κ1) is 14.3. The molecule has 7 heteroatoms. The Kier molecular flexibility index (Phi) is 2.86. The van der Waals surface area contributed by atoms with Crippen LogP contribution in [0, 0.1) is 13.8 Å². The van der Waals surface area contributed by atoms with Crippen molar-refractivity contribution in [3.63, 3.8) is 0 Å². The predicted molar refractivity (Wildman–Crippen MR) is 90.9 cm³/mol. The molecule has 7 nitrogen and oxygen atoms in total. The highest BCUT2D eigenvalue weighted by atomic mass is 16.3. The SMILES string of the molecule is Cc1ccc(O)c(C)c1-n1c(N)c2c3c(ncnc31)C=CNC2=O. The van der Waals surface area contributed by atoms with E-state index in [-0.39, 0.29) is 17.5 Å². The number of amides is 1. The van der Waals surface area contributed by atoms with Gasteiger partial charge in [-0.15, -0.1) is 0 Å². The molecule has 0 saturated heterocycles. The van der Waals surface area contributed by atoms with Crippen LogP contribution in [0.4, 0.5) is 5.82 Å². The Bertz CT molecular complexity index is 1050. The van der Waals surface area contributed by atoms with E-state index in [0.717, 1.165) is 5.56 Å². The van der Waals surface area contributed by atoms with Crippen LogP contribution >= 0.6 is 0 Å². The van der Waals surface area contributed by atoms with E-state index in [1.807, 2.05) is 6.92 Å². The molecule has 1 aromatic carbocycles. The minimum Gasteiger partial charge on any atom is -0.508 e. The Morgan fingerprint density at radius 1 is 1.25 bits per heavy atom. The zero-order valence-corrected chi connectivity index (χ0v) is 13.2. The molecular weight excluding hydrogens is 306 g/mol. The number of anilines is 1. The second kappa shape index (κ2) is 4.82. The minimum absolute atomic E-state index is 0.157. The van der Waals surface area contributed by atoms with Gasteiger partial charge < -0.3 is 16.2 Å². The maximum Gasteiger partial charge on any atom is 0.259 e. The topological polar surface area (TPSA) is 106 Å². The van der Waals surface area contributed by atoms with Crippen LogP contribution in [0.15, 0.2) is 24.7 Å². The zero-order valence-electron chi connectivity index (χ0n) is 13.2. The number of hydrogen-bond donors (Lipinski definition) is 3. The molecule has 0 bridgehead atoms. The molecule has 0 spiro atoms. The Balaban J connectivity index is 2.21. The first-order valence-corrected chi connectivity index (χ1v) is 7.42. The zero-order chi connectivity index (χ0) is 17.0. The predicted octanol–water partition coefficient (Wildman–Crippen LogP) is 2.04. The average Bonchev–Trinajstić information content (AvgIpc) is 2.73. The average molecular weight is 321 g/mol. The van der Waals surface area contributed by atoms with Crippen molar-refractivity contribution in [1.82, 2.24) is 19.9 Å². The number of carbonyl (C=O) groups excluding carboxylic acids is 1. The van der Waals surface area contributed by atoms with Crippen molar-refractivity contribution >= 4 is 28.8 Å². The highest BCUT2D eigenvalue weighted by molar-refractivity contribution is 6.14. The molecule has 2 aromatic heterocycles. The summed E-state index contributed by atoms with van der Waals surface area (Å²) in [5.74, 6) is 0.116. The van der Waals surface area contributed by atoms with Crippen molar-refractivity contribution in [2.45, 2.75) is 13.8 Å². The molecular formula is C17H15N5O2. The lowest BCUT2D eigenvalue weighted by Gasteiger charge is -2.15. The lowest BCUT2D eigenvalue weighted by molar-refractivity contribution is 0.0973.